The van der Waals surface area contributed by atoms with Crippen molar-refractivity contribution in [3.8, 4) is 5.75 Å². The summed E-state index contributed by atoms with van der Waals surface area (Å²) < 4.78 is 47.1. The van der Waals surface area contributed by atoms with E-state index in [-0.39, 0.29) is 68.4 Å². The first-order chi connectivity index (χ1) is 23.4. The van der Waals surface area contributed by atoms with Gasteiger partial charge in [0.25, 0.3) is 0 Å². The van der Waals surface area contributed by atoms with Crippen LogP contribution in [0.2, 0.25) is 10.0 Å². The molecule has 0 aliphatic carbocycles. The van der Waals surface area contributed by atoms with Gasteiger partial charge in [-0.1, -0.05) is 47.5 Å². The lowest BCUT2D eigenvalue weighted by molar-refractivity contribution is -0.137. The molecule has 5 amide bonds. The van der Waals surface area contributed by atoms with Crippen molar-refractivity contribution >= 4 is 47.0 Å². The molecule has 15 heteroatoms. The molecule has 0 aromatic heterocycles. The summed E-state index contributed by atoms with van der Waals surface area (Å²) in [6.07, 6.45) is -4.62. The van der Waals surface area contributed by atoms with E-state index in [1.54, 1.807) is 65.3 Å². The van der Waals surface area contributed by atoms with E-state index in [9.17, 15) is 27.6 Å². The SMILES string of the molecule is CCOc1cc(C(F)(F)F)ccc1C1=NC(c2ccc(Cl)cc2)C(c2ccc(Cl)cc2)N1C(=O)N1CCN(C(=O)N2CCNC(=O)C2)CC1. The molecular formula is C34H33Cl2F3N6O4. The van der Waals surface area contributed by atoms with E-state index in [0.717, 1.165) is 17.7 Å². The second-order valence-electron chi connectivity index (χ2n) is 11.8. The number of ether oxygens (including phenoxy) is 1. The molecule has 0 bridgehead atoms. The number of hydrogen-bond donors (Lipinski definition) is 1. The van der Waals surface area contributed by atoms with E-state index >= 15 is 0 Å². The fraction of sp³-hybridized carbons (Fsp3) is 0.353. The molecule has 3 aliphatic rings. The van der Waals surface area contributed by atoms with Crippen molar-refractivity contribution in [2.24, 2.45) is 4.99 Å². The minimum absolute atomic E-state index is 0.0320. The first kappa shape index (κ1) is 34.4. The number of piperazine rings is 2. The first-order valence-corrected chi connectivity index (χ1v) is 16.5. The maximum absolute atomic E-state index is 14.7. The maximum atomic E-state index is 14.7. The molecule has 3 aromatic carbocycles. The molecule has 10 nitrogen and oxygen atoms in total. The maximum Gasteiger partial charge on any atom is 0.416 e. The Labute approximate surface area is 291 Å². The van der Waals surface area contributed by atoms with Gasteiger partial charge in [-0.25, -0.2) is 9.59 Å². The summed E-state index contributed by atoms with van der Waals surface area (Å²) in [6.45, 7) is 3.27. The highest BCUT2D eigenvalue weighted by atomic mass is 35.5. The molecular weight excluding hydrogens is 684 g/mol. The number of nitrogens with zero attached hydrogens (tertiary/aromatic N) is 5. The standard InChI is InChI=1S/C34H33Cl2F3N6O4/c1-2-49-27-19-23(34(37,38)39)7-12-26(27)31-41-29(21-3-8-24(35)9-4-21)30(22-5-10-25(36)11-6-22)45(31)33(48)43-17-15-42(16-18-43)32(47)44-14-13-40-28(46)20-44/h3-12,19,29-30H,2,13-18,20H2,1H3,(H,40,46). The zero-order chi connectivity index (χ0) is 34.9. The van der Waals surface area contributed by atoms with Crippen LogP contribution in [0.3, 0.4) is 0 Å². The van der Waals surface area contributed by atoms with Crippen LogP contribution in [-0.4, -0.2) is 95.8 Å². The molecule has 1 N–H and O–H groups in total. The average Bonchev–Trinajstić information content (AvgIpc) is 3.48. The van der Waals surface area contributed by atoms with Crippen LogP contribution in [0.15, 0.2) is 71.7 Å². The Hall–Kier alpha value is -4.49. The predicted molar refractivity (Wildman–Crippen MR) is 178 cm³/mol. The monoisotopic (exact) mass is 716 g/mol. The van der Waals surface area contributed by atoms with Gasteiger partial charge in [-0.3, -0.25) is 14.7 Å². The van der Waals surface area contributed by atoms with Crippen molar-refractivity contribution in [1.29, 1.82) is 0 Å². The molecule has 49 heavy (non-hydrogen) atoms. The van der Waals surface area contributed by atoms with E-state index in [0.29, 0.717) is 28.7 Å². The fourth-order valence-electron chi connectivity index (χ4n) is 6.26. The highest BCUT2D eigenvalue weighted by Gasteiger charge is 2.45. The Morgan fingerprint density at radius 3 is 2.02 bits per heavy atom. The lowest BCUT2D eigenvalue weighted by Crippen LogP contribution is -2.59. The van der Waals surface area contributed by atoms with E-state index in [1.165, 1.54) is 15.9 Å². The summed E-state index contributed by atoms with van der Waals surface area (Å²) in [7, 11) is 0. The summed E-state index contributed by atoms with van der Waals surface area (Å²) in [6, 6.07) is 15.0. The number of halogens is 5. The van der Waals surface area contributed by atoms with Crippen LogP contribution >= 0.6 is 23.2 Å². The number of aliphatic imine (C=N–C) groups is 1. The van der Waals surface area contributed by atoms with Crippen molar-refractivity contribution < 1.29 is 32.3 Å². The molecule has 2 fully saturated rings. The third kappa shape index (κ3) is 7.28. The number of nitrogens with one attached hydrogen (secondary N) is 1. The number of amidine groups is 1. The number of carbonyl (C=O) groups is 3. The highest BCUT2D eigenvalue weighted by molar-refractivity contribution is 6.30. The van der Waals surface area contributed by atoms with Crippen molar-refractivity contribution in [2.75, 3.05) is 52.4 Å². The van der Waals surface area contributed by atoms with Gasteiger partial charge in [-0.05, 0) is 60.5 Å². The summed E-state index contributed by atoms with van der Waals surface area (Å²) in [5, 5.41) is 3.69. The van der Waals surface area contributed by atoms with Gasteiger partial charge in [0.2, 0.25) is 5.91 Å². The Bertz CT molecular complexity index is 1750. The zero-order valence-corrected chi connectivity index (χ0v) is 27.9. The molecule has 0 saturated carbocycles. The topological polar surface area (TPSA) is 97.8 Å². The number of rotatable bonds is 5. The molecule has 3 heterocycles. The van der Waals surface area contributed by atoms with Crippen molar-refractivity contribution in [3.63, 3.8) is 0 Å². The number of benzene rings is 3. The van der Waals surface area contributed by atoms with Gasteiger partial charge in [0, 0.05) is 49.3 Å². The zero-order valence-electron chi connectivity index (χ0n) is 26.4. The molecule has 258 valence electrons. The van der Waals surface area contributed by atoms with Crippen molar-refractivity contribution in [3.05, 3.63) is 99.0 Å². The minimum Gasteiger partial charge on any atom is -0.493 e. The summed E-state index contributed by atoms with van der Waals surface area (Å²) >= 11 is 12.5. The minimum atomic E-state index is -4.62. The van der Waals surface area contributed by atoms with Crippen LogP contribution < -0.4 is 10.1 Å². The third-order valence-corrected chi connectivity index (χ3v) is 9.18. The van der Waals surface area contributed by atoms with Crippen LogP contribution in [0.1, 0.15) is 41.3 Å². The number of hydrogen-bond acceptors (Lipinski definition) is 5. The van der Waals surface area contributed by atoms with Crippen molar-refractivity contribution in [2.45, 2.75) is 25.2 Å². The van der Waals surface area contributed by atoms with E-state index in [1.807, 2.05) is 0 Å². The van der Waals surface area contributed by atoms with Gasteiger partial charge >= 0.3 is 18.2 Å². The quantitative estimate of drug-likeness (QED) is 0.338. The highest BCUT2D eigenvalue weighted by Crippen LogP contribution is 2.46. The number of carbonyl (C=O) groups excluding carboxylic acids is 3. The number of amides is 5. The normalized spacial score (nSPS) is 19.9. The van der Waals surface area contributed by atoms with Gasteiger partial charge in [-0.15, -0.1) is 0 Å². The fourth-order valence-corrected chi connectivity index (χ4v) is 6.51. The first-order valence-electron chi connectivity index (χ1n) is 15.8. The molecule has 3 aromatic rings. The van der Waals surface area contributed by atoms with Gasteiger partial charge in [-0.2, -0.15) is 13.2 Å². The molecule has 0 spiro atoms. The van der Waals surface area contributed by atoms with Gasteiger partial charge in [0.05, 0.1) is 23.8 Å². The summed E-state index contributed by atoms with van der Waals surface area (Å²) in [4.78, 5) is 51.0. The van der Waals surface area contributed by atoms with Gasteiger partial charge in [0.1, 0.15) is 24.2 Å². The number of urea groups is 2. The lowest BCUT2D eigenvalue weighted by atomic mass is 9.93. The molecule has 2 atom stereocenters. The Morgan fingerprint density at radius 1 is 0.857 bits per heavy atom. The summed E-state index contributed by atoms with van der Waals surface area (Å²) in [5.74, 6) is -0.159. The predicted octanol–water partition coefficient (Wildman–Crippen LogP) is 6.25. The molecule has 2 unspecified atom stereocenters. The van der Waals surface area contributed by atoms with Crippen LogP contribution in [0, 0.1) is 0 Å². The number of alkyl halides is 3. The second-order valence-corrected chi connectivity index (χ2v) is 12.6. The Kier molecular flexibility index (Phi) is 9.94. The average molecular weight is 718 g/mol. The van der Waals surface area contributed by atoms with Crippen LogP contribution in [0.5, 0.6) is 5.75 Å². The largest absolute Gasteiger partial charge is 0.493 e. The molecule has 6 rings (SSSR count). The Balaban J connectivity index is 1.39. The van der Waals surface area contributed by atoms with E-state index < -0.39 is 29.9 Å². The van der Waals surface area contributed by atoms with Crippen molar-refractivity contribution in [1.82, 2.24) is 24.9 Å². The van der Waals surface area contributed by atoms with Gasteiger partial charge in [0.15, 0.2) is 0 Å². The molecule has 2 saturated heterocycles. The molecule has 0 radical (unpaired) electrons. The second kappa shape index (κ2) is 14.2. The van der Waals surface area contributed by atoms with Crippen LogP contribution in [-0.2, 0) is 11.0 Å². The summed E-state index contributed by atoms with van der Waals surface area (Å²) in [5.41, 5.74) is 0.740. The third-order valence-electron chi connectivity index (χ3n) is 8.68. The van der Waals surface area contributed by atoms with Crippen LogP contribution in [0.4, 0.5) is 22.8 Å². The lowest BCUT2D eigenvalue weighted by Gasteiger charge is -2.40. The van der Waals surface area contributed by atoms with Gasteiger partial charge < -0.3 is 24.8 Å². The molecule has 3 aliphatic heterocycles. The van der Waals surface area contributed by atoms with E-state index in [2.05, 4.69) is 5.32 Å². The van der Waals surface area contributed by atoms with Crippen LogP contribution in [0.25, 0.3) is 0 Å². The smallest absolute Gasteiger partial charge is 0.416 e. The van der Waals surface area contributed by atoms with E-state index in [4.69, 9.17) is 32.9 Å². The Morgan fingerprint density at radius 2 is 1.45 bits per heavy atom.